The Balaban J connectivity index is 2.09. The van der Waals surface area contributed by atoms with E-state index in [1.54, 1.807) is 0 Å². The first kappa shape index (κ1) is 14.5. The molecule has 106 valence electrons. The van der Waals surface area contributed by atoms with Gasteiger partial charge in [-0.3, -0.25) is 4.98 Å². The summed E-state index contributed by atoms with van der Waals surface area (Å²) in [5, 5.41) is 5.18. The van der Waals surface area contributed by atoms with Crippen LogP contribution in [0, 0.1) is 0 Å². The van der Waals surface area contributed by atoms with E-state index in [4.69, 9.17) is 11.6 Å². The van der Waals surface area contributed by atoms with Crippen molar-refractivity contribution in [3.8, 4) is 0 Å². The van der Waals surface area contributed by atoms with E-state index in [9.17, 15) is 0 Å². The summed E-state index contributed by atoms with van der Waals surface area (Å²) in [6, 6.07) is 16.2. The van der Waals surface area contributed by atoms with Crippen molar-refractivity contribution in [2.45, 2.75) is 6.04 Å². The third-order valence-electron chi connectivity index (χ3n) is 3.51. The maximum absolute atomic E-state index is 6.38. The Morgan fingerprint density at radius 2 is 1.95 bits per heavy atom. The molecule has 2 aromatic carbocycles. The maximum Gasteiger partial charge on any atom is 0.0702 e. The number of nitrogens with zero attached hydrogens (tertiary/aromatic N) is 1. The molecule has 1 atom stereocenters. The van der Waals surface area contributed by atoms with Crippen LogP contribution in [-0.2, 0) is 0 Å². The predicted octanol–water partition coefficient (Wildman–Crippen LogP) is 4.96. The van der Waals surface area contributed by atoms with Crippen molar-refractivity contribution in [2.75, 3.05) is 7.05 Å². The van der Waals surface area contributed by atoms with E-state index < -0.39 is 0 Å². The van der Waals surface area contributed by atoms with Crippen LogP contribution in [0.2, 0.25) is 5.02 Å². The minimum absolute atomic E-state index is 0.0164. The third kappa shape index (κ3) is 2.95. The lowest BCUT2D eigenvalue weighted by atomic mass is 9.99. The summed E-state index contributed by atoms with van der Waals surface area (Å²) in [6.07, 6.45) is 1.90. The minimum Gasteiger partial charge on any atom is -0.309 e. The largest absolute Gasteiger partial charge is 0.309 e. The molecule has 0 aliphatic rings. The van der Waals surface area contributed by atoms with Gasteiger partial charge in [0.05, 0.1) is 11.6 Å². The second kappa shape index (κ2) is 6.14. The molecule has 21 heavy (non-hydrogen) atoms. The van der Waals surface area contributed by atoms with Crippen LogP contribution in [0.4, 0.5) is 0 Å². The van der Waals surface area contributed by atoms with E-state index in [0.717, 1.165) is 31.5 Å². The molecule has 0 saturated carbocycles. The van der Waals surface area contributed by atoms with E-state index in [2.05, 4.69) is 38.4 Å². The van der Waals surface area contributed by atoms with Gasteiger partial charge in [-0.15, -0.1) is 0 Å². The number of nitrogens with one attached hydrogen (secondary N) is 1. The highest BCUT2D eigenvalue weighted by Gasteiger charge is 2.16. The molecule has 0 aliphatic carbocycles. The van der Waals surface area contributed by atoms with E-state index in [0.29, 0.717) is 0 Å². The van der Waals surface area contributed by atoms with Gasteiger partial charge in [-0.25, -0.2) is 0 Å². The second-order valence-electron chi connectivity index (χ2n) is 4.85. The number of para-hydroxylation sites is 1. The lowest BCUT2D eigenvalue weighted by Gasteiger charge is -2.19. The number of hydrogen-bond donors (Lipinski definition) is 1. The van der Waals surface area contributed by atoms with E-state index >= 15 is 0 Å². The normalized spacial score (nSPS) is 12.5. The van der Waals surface area contributed by atoms with Gasteiger partial charge in [-0.1, -0.05) is 51.8 Å². The Morgan fingerprint density at radius 3 is 2.71 bits per heavy atom. The van der Waals surface area contributed by atoms with Crippen LogP contribution in [0.1, 0.15) is 17.2 Å². The van der Waals surface area contributed by atoms with Gasteiger partial charge in [0.1, 0.15) is 0 Å². The molecular weight excluding hydrogens is 348 g/mol. The molecule has 3 aromatic rings. The molecule has 0 spiro atoms. The van der Waals surface area contributed by atoms with E-state index in [1.807, 2.05) is 49.6 Å². The fourth-order valence-electron chi connectivity index (χ4n) is 2.48. The first-order chi connectivity index (χ1) is 10.2. The summed E-state index contributed by atoms with van der Waals surface area (Å²) < 4.78 is 0.975. The Morgan fingerprint density at radius 1 is 1.14 bits per heavy atom. The molecule has 4 heteroatoms. The van der Waals surface area contributed by atoms with Crippen molar-refractivity contribution in [2.24, 2.45) is 0 Å². The first-order valence-electron chi connectivity index (χ1n) is 6.66. The van der Waals surface area contributed by atoms with Crippen LogP contribution in [0.25, 0.3) is 10.9 Å². The van der Waals surface area contributed by atoms with E-state index in [-0.39, 0.29) is 6.04 Å². The number of pyridine rings is 1. The minimum atomic E-state index is 0.0164. The highest BCUT2D eigenvalue weighted by molar-refractivity contribution is 9.10. The zero-order valence-electron chi connectivity index (χ0n) is 11.5. The molecule has 0 bridgehead atoms. The van der Waals surface area contributed by atoms with Gasteiger partial charge in [0, 0.05) is 21.1 Å². The van der Waals surface area contributed by atoms with Crippen LogP contribution in [0.3, 0.4) is 0 Å². The summed E-state index contributed by atoms with van der Waals surface area (Å²) in [4.78, 5) is 4.53. The second-order valence-corrected chi connectivity index (χ2v) is 6.17. The fraction of sp³-hybridized carbons (Fsp3) is 0.118. The van der Waals surface area contributed by atoms with Crippen molar-refractivity contribution < 1.29 is 0 Å². The quantitative estimate of drug-likeness (QED) is 0.713. The van der Waals surface area contributed by atoms with Gasteiger partial charge in [0.2, 0.25) is 0 Å². The smallest absolute Gasteiger partial charge is 0.0702 e. The fourth-order valence-corrected chi connectivity index (χ4v) is 3.27. The number of benzene rings is 2. The van der Waals surface area contributed by atoms with Crippen molar-refractivity contribution >= 4 is 38.4 Å². The van der Waals surface area contributed by atoms with Crippen LogP contribution in [0.5, 0.6) is 0 Å². The molecule has 1 aromatic heterocycles. The molecule has 1 heterocycles. The van der Waals surface area contributed by atoms with Crippen molar-refractivity contribution in [3.05, 3.63) is 75.4 Å². The molecule has 0 amide bonds. The van der Waals surface area contributed by atoms with Gasteiger partial charge in [-0.2, -0.15) is 0 Å². The van der Waals surface area contributed by atoms with Gasteiger partial charge in [-0.05, 0) is 42.4 Å². The van der Waals surface area contributed by atoms with Crippen molar-refractivity contribution in [1.29, 1.82) is 0 Å². The number of fused-ring (bicyclic) bond motifs is 1. The standard InChI is InChI=1S/C17H14BrClN2/c1-20-17(14-7-6-13(18)9-15(14)19)12-8-11-4-2-3-5-16(11)21-10-12/h2-10,17,20H,1H3. The van der Waals surface area contributed by atoms with Crippen LogP contribution >= 0.6 is 27.5 Å². The molecule has 3 rings (SSSR count). The number of halogens is 2. The van der Waals surface area contributed by atoms with Gasteiger partial charge in [0.25, 0.3) is 0 Å². The average Bonchev–Trinajstić information content (AvgIpc) is 2.50. The average molecular weight is 362 g/mol. The lowest BCUT2D eigenvalue weighted by molar-refractivity contribution is 0.690. The molecule has 1 unspecified atom stereocenters. The monoisotopic (exact) mass is 360 g/mol. The Kier molecular flexibility index (Phi) is 4.24. The molecule has 0 radical (unpaired) electrons. The van der Waals surface area contributed by atoms with E-state index in [1.165, 1.54) is 0 Å². The summed E-state index contributed by atoms with van der Waals surface area (Å²) in [6.45, 7) is 0. The molecule has 0 aliphatic heterocycles. The third-order valence-corrected chi connectivity index (χ3v) is 4.33. The Hall–Kier alpha value is -1.42. The van der Waals surface area contributed by atoms with Gasteiger partial charge >= 0.3 is 0 Å². The highest BCUT2D eigenvalue weighted by Crippen LogP contribution is 2.31. The molecule has 1 N–H and O–H groups in total. The van der Waals surface area contributed by atoms with Crippen molar-refractivity contribution in [3.63, 3.8) is 0 Å². The topological polar surface area (TPSA) is 24.9 Å². The van der Waals surface area contributed by atoms with Crippen LogP contribution in [-0.4, -0.2) is 12.0 Å². The molecular formula is C17H14BrClN2. The van der Waals surface area contributed by atoms with Crippen LogP contribution in [0.15, 0.2) is 59.2 Å². The SMILES string of the molecule is CNC(c1cnc2ccccc2c1)c1ccc(Br)cc1Cl. The number of hydrogen-bond acceptors (Lipinski definition) is 2. The predicted molar refractivity (Wildman–Crippen MR) is 91.8 cm³/mol. The zero-order chi connectivity index (χ0) is 14.8. The van der Waals surface area contributed by atoms with Gasteiger partial charge in [0.15, 0.2) is 0 Å². The zero-order valence-corrected chi connectivity index (χ0v) is 13.8. The lowest BCUT2D eigenvalue weighted by Crippen LogP contribution is -2.18. The Bertz CT molecular complexity index is 789. The molecule has 2 nitrogen and oxygen atoms in total. The van der Waals surface area contributed by atoms with Crippen molar-refractivity contribution in [1.82, 2.24) is 10.3 Å². The summed E-state index contributed by atoms with van der Waals surface area (Å²) in [5.41, 5.74) is 3.14. The summed E-state index contributed by atoms with van der Waals surface area (Å²) in [7, 11) is 1.93. The Labute approximate surface area is 137 Å². The maximum atomic E-state index is 6.38. The summed E-state index contributed by atoms with van der Waals surface area (Å²) >= 11 is 9.82. The summed E-state index contributed by atoms with van der Waals surface area (Å²) in [5.74, 6) is 0. The number of aromatic nitrogens is 1. The highest BCUT2D eigenvalue weighted by atomic mass is 79.9. The number of rotatable bonds is 3. The van der Waals surface area contributed by atoms with Crippen LogP contribution < -0.4 is 5.32 Å². The van der Waals surface area contributed by atoms with Gasteiger partial charge < -0.3 is 5.32 Å². The first-order valence-corrected chi connectivity index (χ1v) is 7.83. The molecule has 0 fully saturated rings. The molecule has 0 saturated heterocycles.